The largest absolute Gasteiger partial charge is 0.330 e. The van der Waals surface area contributed by atoms with Crippen LogP contribution < -0.4 is 5.73 Å². The van der Waals surface area contributed by atoms with Crippen molar-refractivity contribution < 1.29 is 4.79 Å². The molecule has 18 heavy (non-hydrogen) atoms. The van der Waals surface area contributed by atoms with E-state index in [1.54, 1.807) is 4.90 Å². The molecule has 1 aromatic rings. The summed E-state index contributed by atoms with van der Waals surface area (Å²) in [7, 11) is 1.86. The average Bonchev–Trinajstić information content (AvgIpc) is 2.61. The number of nitrogens with zero attached hydrogens (tertiary/aromatic N) is 2. The summed E-state index contributed by atoms with van der Waals surface area (Å²) in [4.78, 5) is 15.8. The SMILES string of the molecule is Cc1ccc(CN2CC(CCN)N(C)C2=O)cc1. The van der Waals surface area contributed by atoms with E-state index in [0.29, 0.717) is 13.1 Å². The first-order valence-corrected chi connectivity index (χ1v) is 6.39. The molecule has 1 atom stereocenters. The Morgan fingerprint density at radius 1 is 1.33 bits per heavy atom. The molecule has 4 heteroatoms. The number of aryl methyl sites for hydroxylation is 1. The van der Waals surface area contributed by atoms with E-state index in [-0.39, 0.29) is 12.1 Å². The fraction of sp³-hybridized carbons (Fsp3) is 0.500. The second-order valence-corrected chi connectivity index (χ2v) is 4.99. The normalized spacial score (nSPS) is 19.7. The second-order valence-electron chi connectivity index (χ2n) is 4.99. The molecule has 0 saturated carbocycles. The van der Waals surface area contributed by atoms with Gasteiger partial charge < -0.3 is 15.5 Å². The fourth-order valence-corrected chi connectivity index (χ4v) is 2.36. The van der Waals surface area contributed by atoms with Gasteiger partial charge in [0.05, 0.1) is 6.04 Å². The summed E-state index contributed by atoms with van der Waals surface area (Å²) in [5, 5.41) is 0. The van der Waals surface area contributed by atoms with Gasteiger partial charge in [0.1, 0.15) is 0 Å². The first-order chi connectivity index (χ1) is 8.61. The quantitative estimate of drug-likeness (QED) is 0.878. The Labute approximate surface area is 108 Å². The molecule has 98 valence electrons. The van der Waals surface area contributed by atoms with Crippen molar-refractivity contribution in [3.05, 3.63) is 35.4 Å². The zero-order chi connectivity index (χ0) is 13.1. The summed E-state index contributed by atoms with van der Waals surface area (Å²) in [6.07, 6.45) is 0.868. The van der Waals surface area contributed by atoms with Crippen LogP contribution in [0.4, 0.5) is 4.79 Å². The number of urea groups is 1. The molecule has 1 fully saturated rings. The number of benzene rings is 1. The molecule has 0 spiro atoms. The van der Waals surface area contributed by atoms with Crippen molar-refractivity contribution in [2.45, 2.75) is 25.9 Å². The van der Waals surface area contributed by atoms with Crippen LogP contribution in [0.5, 0.6) is 0 Å². The number of rotatable bonds is 4. The van der Waals surface area contributed by atoms with Crippen LogP contribution >= 0.6 is 0 Å². The number of carbonyl (C=O) groups excluding carboxylic acids is 1. The molecule has 2 rings (SSSR count). The Balaban J connectivity index is 2.02. The number of hydrogen-bond donors (Lipinski definition) is 1. The van der Waals surface area contributed by atoms with Crippen molar-refractivity contribution in [1.29, 1.82) is 0 Å². The zero-order valence-corrected chi connectivity index (χ0v) is 11.1. The number of carbonyl (C=O) groups is 1. The highest BCUT2D eigenvalue weighted by atomic mass is 16.2. The van der Waals surface area contributed by atoms with Crippen LogP contribution in [0.1, 0.15) is 17.5 Å². The van der Waals surface area contributed by atoms with Crippen LogP contribution in [-0.4, -0.2) is 42.0 Å². The van der Waals surface area contributed by atoms with E-state index in [0.717, 1.165) is 13.0 Å². The summed E-state index contributed by atoms with van der Waals surface area (Å²) in [5.41, 5.74) is 7.99. The molecular formula is C14H21N3O. The van der Waals surface area contributed by atoms with Gasteiger partial charge in [-0.3, -0.25) is 0 Å². The number of hydrogen-bond acceptors (Lipinski definition) is 2. The molecular weight excluding hydrogens is 226 g/mol. The summed E-state index contributed by atoms with van der Waals surface area (Å²) in [6.45, 7) is 4.15. The predicted molar refractivity (Wildman–Crippen MR) is 72.2 cm³/mol. The molecule has 1 aliphatic rings. The molecule has 4 nitrogen and oxygen atoms in total. The van der Waals surface area contributed by atoms with Crippen LogP contribution in [0.15, 0.2) is 24.3 Å². The van der Waals surface area contributed by atoms with E-state index in [9.17, 15) is 4.79 Å². The van der Waals surface area contributed by atoms with Gasteiger partial charge in [-0.2, -0.15) is 0 Å². The van der Waals surface area contributed by atoms with E-state index in [4.69, 9.17) is 5.73 Å². The molecule has 1 aliphatic heterocycles. The maximum Gasteiger partial charge on any atom is 0.320 e. The van der Waals surface area contributed by atoms with E-state index < -0.39 is 0 Å². The molecule has 2 N–H and O–H groups in total. The Morgan fingerprint density at radius 3 is 2.61 bits per heavy atom. The number of amides is 2. The molecule has 1 saturated heterocycles. The highest BCUT2D eigenvalue weighted by Crippen LogP contribution is 2.19. The van der Waals surface area contributed by atoms with Crippen LogP contribution in [0.25, 0.3) is 0 Å². The molecule has 0 bridgehead atoms. The van der Waals surface area contributed by atoms with Gasteiger partial charge in [0.15, 0.2) is 0 Å². The van der Waals surface area contributed by atoms with Crippen LogP contribution in [0.3, 0.4) is 0 Å². The van der Waals surface area contributed by atoms with E-state index >= 15 is 0 Å². The zero-order valence-electron chi connectivity index (χ0n) is 11.1. The van der Waals surface area contributed by atoms with E-state index in [2.05, 4.69) is 31.2 Å². The minimum absolute atomic E-state index is 0.106. The molecule has 1 heterocycles. The van der Waals surface area contributed by atoms with Gasteiger partial charge in [-0.1, -0.05) is 29.8 Å². The molecule has 0 aromatic heterocycles. The fourth-order valence-electron chi connectivity index (χ4n) is 2.36. The Kier molecular flexibility index (Phi) is 3.87. The lowest BCUT2D eigenvalue weighted by Gasteiger charge is -2.16. The third-order valence-electron chi connectivity index (χ3n) is 3.55. The van der Waals surface area contributed by atoms with Gasteiger partial charge in [-0.15, -0.1) is 0 Å². The maximum atomic E-state index is 12.1. The summed E-state index contributed by atoms with van der Waals surface area (Å²) >= 11 is 0. The Hall–Kier alpha value is -1.55. The lowest BCUT2D eigenvalue weighted by Crippen LogP contribution is -2.32. The summed E-state index contributed by atoms with van der Waals surface area (Å²) in [6, 6.07) is 8.69. The molecule has 2 amide bonds. The van der Waals surface area contributed by atoms with Crippen molar-refractivity contribution in [3.63, 3.8) is 0 Å². The minimum atomic E-state index is 0.106. The third kappa shape index (κ3) is 2.64. The highest BCUT2D eigenvalue weighted by molar-refractivity contribution is 5.76. The van der Waals surface area contributed by atoms with Crippen LogP contribution in [0.2, 0.25) is 0 Å². The Bertz CT molecular complexity index is 416. The van der Waals surface area contributed by atoms with Gasteiger partial charge in [-0.05, 0) is 25.5 Å². The first-order valence-electron chi connectivity index (χ1n) is 6.39. The average molecular weight is 247 g/mol. The number of nitrogens with two attached hydrogens (primary N) is 1. The predicted octanol–water partition coefficient (Wildman–Crippen LogP) is 1.58. The minimum Gasteiger partial charge on any atom is -0.330 e. The van der Waals surface area contributed by atoms with Gasteiger partial charge in [0.25, 0.3) is 0 Å². The monoisotopic (exact) mass is 247 g/mol. The topological polar surface area (TPSA) is 49.6 Å². The molecule has 0 aliphatic carbocycles. The highest BCUT2D eigenvalue weighted by Gasteiger charge is 2.33. The summed E-state index contributed by atoms with van der Waals surface area (Å²) in [5.74, 6) is 0. The van der Waals surface area contributed by atoms with Gasteiger partial charge in [0, 0.05) is 20.1 Å². The van der Waals surface area contributed by atoms with Gasteiger partial charge >= 0.3 is 6.03 Å². The van der Waals surface area contributed by atoms with Crippen molar-refractivity contribution in [3.8, 4) is 0 Å². The van der Waals surface area contributed by atoms with Crippen LogP contribution in [-0.2, 0) is 6.54 Å². The summed E-state index contributed by atoms with van der Waals surface area (Å²) < 4.78 is 0. The van der Waals surface area contributed by atoms with Crippen LogP contribution in [0, 0.1) is 6.92 Å². The van der Waals surface area contributed by atoms with E-state index in [1.165, 1.54) is 11.1 Å². The molecule has 1 aromatic carbocycles. The number of likely N-dealkylation sites (N-methyl/N-ethyl adjacent to an activating group) is 1. The lowest BCUT2D eigenvalue weighted by atomic mass is 10.1. The third-order valence-corrected chi connectivity index (χ3v) is 3.55. The second kappa shape index (κ2) is 5.40. The lowest BCUT2D eigenvalue weighted by molar-refractivity contribution is 0.193. The molecule has 0 radical (unpaired) electrons. The van der Waals surface area contributed by atoms with Gasteiger partial charge in [0.2, 0.25) is 0 Å². The standard InChI is InChI=1S/C14H21N3O/c1-11-3-5-12(6-4-11)9-17-10-13(7-8-15)16(2)14(17)18/h3-6,13H,7-10,15H2,1-2H3. The smallest absolute Gasteiger partial charge is 0.320 e. The van der Waals surface area contributed by atoms with E-state index in [1.807, 2.05) is 11.9 Å². The van der Waals surface area contributed by atoms with Crippen molar-refractivity contribution >= 4 is 6.03 Å². The van der Waals surface area contributed by atoms with Crippen molar-refractivity contribution in [2.24, 2.45) is 5.73 Å². The van der Waals surface area contributed by atoms with Crippen molar-refractivity contribution in [1.82, 2.24) is 9.80 Å². The van der Waals surface area contributed by atoms with Gasteiger partial charge in [-0.25, -0.2) is 4.79 Å². The van der Waals surface area contributed by atoms with Crippen molar-refractivity contribution in [2.75, 3.05) is 20.1 Å². The maximum absolute atomic E-state index is 12.1. The molecule has 1 unspecified atom stereocenters. The Morgan fingerprint density at radius 2 is 2.00 bits per heavy atom. The first kappa shape index (κ1) is 12.9.